The number of carbonyl (C=O) groups is 3. The van der Waals surface area contributed by atoms with Gasteiger partial charge in [-0.3, -0.25) is 32.5 Å². The summed E-state index contributed by atoms with van der Waals surface area (Å²) >= 11 is 3.95. The molecule has 1 aliphatic rings. The molecular weight excluding hydrogens is 819 g/mol. The second-order valence-electron chi connectivity index (χ2n) is 12.5. The van der Waals surface area contributed by atoms with E-state index in [1.165, 1.54) is 19.9 Å². The van der Waals surface area contributed by atoms with Gasteiger partial charge in [-0.25, -0.2) is 28.6 Å². The summed E-state index contributed by atoms with van der Waals surface area (Å²) < 4.78 is 62.3. The van der Waals surface area contributed by atoms with Crippen molar-refractivity contribution in [1.29, 1.82) is 0 Å². The zero-order valence-corrected chi connectivity index (χ0v) is 33.2. The fourth-order valence-corrected chi connectivity index (χ4v) is 7.69. The van der Waals surface area contributed by atoms with Crippen LogP contribution in [0, 0.1) is 5.41 Å². The van der Waals surface area contributed by atoms with E-state index in [0.29, 0.717) is 18.7 Å². The van der Waals surface area contributed by atoms with E-state index >= 15 is 0 Å². The maximum absolute atomic E-state index is 12.7. The number of nitrogens with two attached hydrogens (primary N) is 1. The van der Waals surface area contributed by atoms with Crippen LogP contribution < -0.4 is 16.4 Å². The number of aliphatic hydroxyl groups excluding tert-OH is 2. The number of ketones is 1. The highest BCUT2D eigenvalue weighted by atomic mass is 32.1. The van der Waals surface area contributed by atoms with Crippen molar-refractivity contribution in [2.75, 3.05) is 37.8 Å². The molecule has 1 saturated heterocycles. The van der Waals surface area contributed by atoms with Gasteiger partial charge in [0.05, 0.1) is 19.5 Å². The van der Waals surface area contributed by atoms with Crippen molar-refractivity contribution in [3.05, 3.63) is 24.3 Å². The number of phosphoric ester groups is 3. The van der Waals surface area contributed by atoms with E-state index in [1.807, 2.05) is 6.92 Å². The van der Waals surface area contributed by atoms with E-state index in [4.69, 9.17) is 19.5 Å². The van der Waals surface area contributed by atoms with Crippen molar-refractivity contribution in [3.63, 3.8) is 0 Å². The third-order valence-corrected chi connectivity index (χ3v) is 10.8. The summed E-state index contributed by atoms with van der Waals surface area (Å²) in [5, 5.41) is 26.4. The highest BCUT2D eigenvalue weighted by Crippen LogP contribution is 2.61. The lowest BCUT2D eigenvalue weighted by Crippen LogP contribution is -2.46. The fourth-order valence-electron chi connectivity index (χ4n) is 4.75. The molecule has 3 rings (SSSR count). The van der Waals surface area contributed by atoms with E-state index in [-0.39, 0.29) is 41.7 Å². The quantitative estimate of drug-likeness (QED) is 0.0319. The first-order valence-electron chi connectivity index (χ1n) is 16.3. The van der Waals surface area contributed by atoms with E-state index < -0.39 is 84.4 Å². The Kier molecular flexibility index (Phi) is 16.7. The topological polar surface area (TPSA) is 364 Å². The largest absolute Gasteiger partial charge is 0.481 e. The zero-order chi connectivity index (χ0) is 41.4. The first-order chi connectivity index (χ1) is 25.5. The van der Waals surface area contributed by atoms with Crippen LogP contribution in [0.3, 0.4) is 0 Å². The predicted molar refractivity (Wildman–Crippen MR) is 192 cm³/mol. The molecule has 3 unspecified atom stereocenters. The van der Waals surface area contributed by atoms with Crippen LogP contribution in [0.5, 0.6) is 0 Å². The molecule has 310 valence electrons. The minimum atomic E-state index is -5.61. The number of nitrogens with zero attached hydrogens (tertiary/aromatic N) is 4. The number of hydrogen-bond acceptors (Lipinski definition) is 18. The Hall–Kier alpha value is -2.70. The molecule has 0 aromatic carbocycles. The Morgan fingerprint density at radius 1 is 1.11 bits per heavy atom. The maximum Gasteiger partial charge on any atom is 0.481 e. The molecule has 0 spiro atoms. The van der Waals surface area contributed by atoms with E-state index in [2.05, 4.69) is 47.0 Å². The lowest BCUT2D eigenvalue weighted by molar-refractivity contribution is -0.137. The standard InChI is InChI=1S/C27H44N7O17P3S/c1-4-5-6-7-15(35)23-32-22(28)18-24(33-23)34(14-31-18)26-19(37)20(50-52(40,41)42)16(49-26)12-47-53(43,44)51-54(45,46)48-13-27(2,3)21(38)25(39)30-9-8-17(36)29-10-11-55/h6-7,14,16,19-21,26,37-38,55H,4-5,8-13H2,1-3H3,(H,29,36)(H,30,39)(H,43,44)(H,45,46)(H2,28,32,33)(H2,40,41,42)/b7-6-/t16-,19-,20-,21?,26-/m1/s1. The summed E-state index contributed by atoms with van der Waals surface area (Å²) in [5.74, 6) is -2.15. The van der Waals surface area contributed by atoms with Crippen molar-refractivity contribution >= 4 is 70.7 Å². The number of aliphatic hydroxyl groups is 2. The van der Waals surface area contributed by atoms with Gasteiger partial charge in [0.2, 0.25) is 23.4 Å². The Morgan fingerprint density at radius 2 is 1.78 bits per heavy atom. The van der Waals surface area contributed by atoms with Gasteiger partial charge in [0.1, 0.15) is 29.9 Å². The number of imidazole rings is 1. The van der Waals surface area contributed by atoms with Crippen LogP contribution >= 0.6 is 36.1 Å². The summed E-state index contributed by atoms with van der Waals surface area (Å²) in [6, 6.07) is 0. The summed E-state index contributed by atoms with van der Waals surface area (Å²) in [6.45, 7) is 2.49. The third-order valence-electron chi connectivity index (χ3n) is 7.52. The van der Waals surface area contributed by atoms with Crippen LogP contribution in [-0.4, -0.2) is 123 Å². The number of thiol groups is 1. The molecule has 1 fully saturated rings. The van der Waals surface area contributed by atoms with Gasteiger partial charge in [-0.15, -0.1) is 0 Å². The zero-order valence-electron chi connectivity index (χ0n) is 29.6. The number of ether oxygens (including phenoxy) is 1. The molecule has 55 heavy (non-hydrogen) atoms. The number of nitrogen functional groups attached to an aromatic ring is 1. The molecule has 3 heterocycles. The first kappa shape index (κ1) is 46.7. The number of unbranched alkanes of at least 4 members (excludes halogenated alkanes) is 1. The monoisotopic (exact) mass is 863 g/mol. The average Bonchev–Trinajstić information content (AvgIpc) is 3.64. The minimum Gasteiger partial charge on any atom is -0.386 e. The van der Waals surface area contributed by atoms with Gasteiger partial charge in [0, 0.05) is 30.7 Å². The highest BCUT2D eigenvalue weighted by molar-refractivity contribution is 7.80. The molecule has 0 aliphatic carbocycles. The molecule has 0 bridgehead atoms. The van der Waals surface area contributed by atoms with E-state index in [9.17, 15) is 57.9 Å². The van der Waals surface area contributed by atoms with E-state index in [0.717, 1.165) is 17.3 Å². The second kappa shape index (κ2) is 19.6. The number of amides is 2. The Bertz CT molecular complexity index is 1860. The maximum atomic E-state index is 12.7. The lowest BCUT2D eigenvalue weighted by atomic mass is 9.87. The van der Waals surface area contributed by atoms with E-state index in [1.54, 1.807) is 6.08 Å². The number of carbonyl (C=O) groups excluding carboxylic acids is 3. The normalized spacial score (nSPS) is 22.0. The molecule has 1 aliphatic heterocycles. The number of fused-ring (bicyclic) bond motifs is 1. The molecular formula is C27H44N7O17P3S. The number of aromatic nitrogens is 4. The predicted octanol–water partition coefficient (Wildman–Crippen LogP) is -0.126. The molecule has 10 N–H and O–H groups in total. The molecule has 24 nitrogen and oxygen atoms in total. The number of hydrogen-bond donors (Lipinski definition) is 10. The van der Waals surface area contributed by atoms with Gasteiger partial charge in [-0.05, 0) is 12.5 Å². The van der Waals surface area contributed by atoms with Crippen molar-refractivity contribution < 1.29 is 80.5 Å². The van der Waals surface area contributed by atoms with Gasteiger partial charge in [0.15, 0.2) is 17.7 Å². The smallest absolute Gasteiger partial charge is 0.386 e. The van der Waals surface area contributed by atoms with Gasteiger partial charge in [0.25, 0.3) is 0 Å². The Morgan fingerprint density at radius 3 is 2.42 bits per heavy atom. The fraction of sp³-hybridized carbons (Fsp3) is 0.630. The molecule has 0 saturated carbocycles. The number of allylic oxidation sites excluding steroid dienone is 2. The van der Waals surface area contributed by atoms with Crippen LogP contribution in [0.2, 0.25) is 0 Å². The average molecular weight is 864 g/mol. The van der Waals surface area contributed by atoms with Gasteiger partial charge in [-0.1, -0.05) is 33.3 Å². The number of anilines is 1. The van der Waals surface area contributed by atoms with Crippen molar-refractivity contribution in [2.24, 2.45) is 5.41 Å². The molecule has 2 aromatic rings. The lowest BCUT2D eigenvalue weighted by Gasteiger charge is -2.30. The summed E-state index contributed by atoms with van der Waals surface area (Å²) in [5.41, 5.74) is 4.15. The van der Waals surface area contributed by atoms with Crippen molar-refractivity contribution in [3.8, 4) is 0 Å². The van der Waals surface area contributed by atoms with Crippen LogP contribution in [0.4, 0.5) is 5.82 Å². The van der Waals surface area contributed by atoms with Crippen LogP contribution in [0.1, 0.15) is 56.9 Å². The molecule has 28 heteroatoms. The van der Waals surface area contributed by atoms with Crippen LogP contribution in [0.25, 0.3) is 11.2 Å². The van der Waals surface area contributed by atoms with Gasteiger partial charge in [-0.2, -0.15) is 16.9 Å². The number of nitrogens with one attached hydrogen (secondary N) is 2. The van der Waals surface area contributed by atoms with Crippen LogP contribution in [-0.2, 0) is 45.9 Å². The van der Waals surface area contributed by atoms with Crippen molar-refractivity contribution in [1.82, 2.24) is 30.2 Å². The molecule has 7 atom stereocenters. The number of phosphoric acid groups is 3. The Labute approximate surface area is 319 Å². The minimum absolute atomic E-state index is 0.0510. The summed E-state index contributed by atoms with van der Waals surface area (Å²) in [7, 11) is -16.5. The number of rotatable bonds is 22. The highest BCUT2D eigenvalue weighted by Gasteiger charge is 2.50. The molecule has 0 radical (unpaired) electrons. The third kappa shape index (κ3) is 13.7. The molecule has 2 aromatic heterocycles. The summed E-state index contributed by atoms with van der Waals surface area (Å²) in [6.07, 6.45) is -4.17. The van der Waals surface area contributed by atoms with Gasteiger partial charge < -0.3 is 50.9 Å². The van der Waals surface area contributed by atoms with Gasteiger partial charge >= 0.3 is 23.5 Å². The first-order valence-corrected chi connectivity index (χ1v) is 21.4. The summed E-state index contributed by atoms with van der Waals surface area (Å²) in [4.78, 5) is 88.3. The van der Waals surface area contributed by atoms with Crippen LogP contribution in [0.15, 0.2) is 18.5 Å². The SMILES string of the molecule is CCC/C=C\C(=O)c1nc(N)c2ncn([C@@H]3O[C@H](COP(=O)(O)OP(=O)(O)OCC(C)(C)C(O)C(=O)NCCC(=O)NCCS)[C@@H](OP(=O)(O)O)[C@H]3O)c2n1. The van der Waals surface area contributed by atoms with Crippen molar-refractivity contribution in [2.45, 2.75) is 70.7 Å². The Balaban J connectivity index is 1.70. The second-order valence-corrected chi connectivity index (χ2v) is 17.2. The molecule has 2 amide bonds.